The molecule has 21 heavy (non-hydrogen) atoms. The summed E-state index contributed by atoms with van der Waals surface area (Å²) in [6.07, 6.45) is 1.33. The van der Waals surface area contributed by atoms with E-state index in [1.54, 1.807) is 0 Å². The van der Waals surface area contributed by atoms with Crippen molar-refractivity contribution in [1.82, 2.24) is 15.1 Å². The molecule has 122 valence electrons. The Labute approximate surface area is 126 Å². The van der Waals surface area contributed by atoms with Crippen LogP contribution in [0.4, 0.5) is 9.18 Å². The number of nitrogens with one attached hydrogen (secondary N) is 1. The molecule has 0 aromatic rings. The number of amides is 2. The maximum Gasteiger partial charge on any atom is 0.317 e. The van der Waals surface area contributed by atoms with Crippen molar-refractivity contribution in [1.29, 1.82) is 0 Å². The molecule has 6 heteroatoms. The van der Waals surface area contributed by atoms with Crippen molar-refractivity contribution in [3.63, 3.8) is 0 Å². The van der Waals surface area contributed by atoms with Crippen LogP contribution in [0, 0.1) is 11.8 Å². The van der Waals surface area contributed by atoms with Gasteiger partial charge in [0.1, 0.15) is 0 Å². The number of rotatable bonds is 5. The number of carbonyl (C=O) groups excluding carboxylic acids is 1. The third-order valence-electron chi connectivity index (χ3n) is 4.41. The molecular weight excluding hydrogens is 273 g/mol. The van der Waals surface area contributed by atoms with Gasteiger partial charge in [-0.3, -0.25) is 0 Å². The van der Waals surface area contributed by atoms with Gasteiger partial charge >= 0.3 is 6.03 Å². The molecule has 0 aromatic carbocycles. The molecule has 2 aliphatic heterocycles. The second-order valence-corrected chi connectivity index (χ2v) is 6.97. The number of hydrogen-bond donors (Lipinski definition) is 2. The second-order valence-electron chi connectivity index (χ2n) is 6.97. The number of urea groups is 1. The van der Waals surface area contributed by atoms with E-state index >= 15 is 0 Å². The minimum absolute atomic E-state index is 0.000521. The average Bonchev–Trinajstić information content (AvgIpc) is 3.03. The minimum Gasteiger partial charge on any atom is -0.393 e. The molecule has 2 unspecified atom stereocenters. The SMILES string of the molecule is CC(C)CN1CCC(CNC(=O)N2CCC(F)(CO)C2)C1. The van der Waals surface area contributed by atoms with Crippen LogP contribution in [0.25, 0.3) is 0 Å². The van der Waals surface area contributed by atoms with Crippen molar-refractivity contribution in [3.05, 3.63) is 0 Å². The van der Waals surface area contributed by atoms with Crippen molar-refractivity contribution in [3.8, 4) is 0 Å². The molecule has 2 N–H and O–H groups in total. The van der Waals surface area contributed by atoms with E-state index in [0.717, 1.165) is 26.1 Å². The monoisotopic (exact) mass is 301 g/mol. The fraction of sp³-hybridized carbons (Fsp3) is 0.933. The number of hydrogen-bond acceptors (Lipinski definition) is 3. The lowest BCUT2D eigenvalue weighted by molar-refractivity contribution is 0.0805. The third-order valence-corrected chi connectivity index (χ3v) is 4.41. The molecule has 2 saturated heterocycles. The Morgan fingerprint density at radius 1 is 1.48 bits per heavy atom. The smallest absolute Gasteiger partial charge is 0.317 e. The first-order valence-electron chi connectivity index (χ1n) is 7.97. The number of aliphatic hydroxyl groups excluding tert-OH is 1. The molecule has 2 fully saturated rings. The first-order valence-corrected chi connectivity index (χ1v) is 7.97. The van der Waals surface area contributed by atoms with Gasteiger partial charge in [-0.05, 0) is 24.8 Å². The van der Waals surface area contributed by atoms with Crippen LogP contribution in [0.3, 0.4) is 0 Å². The molecule has 2 rings (SSSR count). The van der Waals surface area contributed by atoms with Crippen LogP contribution in [0.1, 0.15) is 26.7 Å². The molecular formula is C15H28FN3O2. The van der Waals surface area contributed by atoms with Crippen LogP contribution < -0.4 is 5.32 Å². The Morgan fingerprint density at radius 2 is 2.24 bits per heavy atom. The molecule has 0 radical (unpaired) electrons. The van der Waals surface area contributed by atoms with Crippen molar-refractivity contribution in [2.45, 2.75) is 32.4 Å². The molecule has 0 spiro atoms. The summed E-state index contributed by atoms with van der Waals surface area (Å²) in [7, 11) is 0. The summed E-state index contributed by atoms with van der Waals surface area (Å²) < 4.78 is 13.9. The summed E-state index contributed by atoms with van der Waals surface area (Å²) in [5.41, 5.74) is -1.61. The first-order chi connectivity index (χ1) is 9.92. The predicted octanol–water partition coefficient (Wildman–Crippen LogP) is 1.08. The summed E-state index contributed by atoms with van der Waals surface area (Å²) in [6.45, 7) is 8.19. The number of halogens is 1. The van der Waals surface area contributed by atoms with E-state index in [4.69, 9.17) is 5.11 Å². The molecule has 2 aliphatic rings. The van der Waals surface area contributed by atoms with E-state index in [9.17, 15) is 9.18 Å². The summed E-state index contributed by atoms with van der Waals surface area (Å²) in [5, 5.41) is 11.9. The molecule has 0 saturated carbocycles. The fourth-order valence-electron chi connectivity index (χ4n) is 3.24. The molecule has 2 amide bonds. The van der Waals surface area contributed by atoms with Crippen LogP contribution in [-0.4, -0.2) is 72.5 Å². The largest absolute Gasteiger partial charge is 0.393 e. The van der Waals surface area contributed by atoms with Gasteiger partial charge in [0, 0.05) is 32.6 Å². The Hall–Kier alpha value is -0.880. The molecule has 0 bridgehead atoms. The van der Waals surface area contributed by atoms with Crippen molar-refractivity contribution in [2.24, 2.45) is 11.8 Å². The van der Waals surface area contributed by atoms with Gasteiger partial charge in [-0.25, -0.2) is 9.18 Å². The Morgan fingerprint density at radius 3 is 2.86 bits per heavy atom. The van der Waals surface area contributed by atoms with Gasteiger partial charge in [0.2, 0.25) is 0 Å². The van der Waals surface area contributed by atoms with Gasteiger partial charge < -0.3 is 20.2 Å². The van der Waals surface area contributed by atoms with Gasteiger partial charge in [0.15, 0.2) is 5.67 Å². The van der Waals surface area contributed by atoms with Crippen molar-refractivity contribution < 1.29 is 14.3 Å². The zero-order valence-electron chi connectivity index (χ0n) is 13.1. The maximum atomic E-state index is 13.9. The highest BCUT2D eigenvalue weighted by atomic mass is 19.1. The molecule has 0 aliphatic carbocycles. The molecule has 2 heterocycles. The van der Waals surface area contributed by atoms with E-state index < -0.39 is 12.3 Å². The highest BCUT2D eigenvalue weighted by Crippen LogP contribution is 2.25. The minimum atomic E-state index is -1.61. The van der Waals surface area contributed by atoms with Gasteiger partial charge in [-0.15, -0.1) is 0 Å². The van der Waals surface area contributed by atoms with E-state index in [1.165, 1.54) is 4.90 Å². The molecule has 0 aromatic heterocycles. The summed E-state index contributed by atoms with van der Waals surface area (Å²) in [6, 6.07) is -0.203. The lowest BCUT2D eigenvalue weighted by atomic mass is 10.1. The van der Waals surface area contributed by atoms with Gasteiger partial charge in [0.25, 0.3) is 0 Å². The summed E-state index contributed by atoms with van der Waals surface area (Å²) in [4.78, 5) is 15.9. The summed E-state index contributed by atoms with van der Waals surface area (Å²) >= 11 is 0. The quantitative estimate of drug-likeness (QED) is 0.799. The Bertz CT molecular complexity index is 367. The standard InChI is InChI=1S/C15H28FN3O2/c1-12(2)8-18-5-3-13(9-18)7-17-14(21)19-6-4-15(16,10-19)11-20/h12-13,20H,3-11H2,1-2H3,(H,17,21). The maximum absolute atomic E-state index is 13.9. The fourth-order valence-corrected chi connectivity index (χ4v) is 3.24. The number of nitrogens with zero attached hydrogens (tertiary/aromatic N) is 2. The second kappa shape index (κ2) is 6.92. The van der Waals surface area contributed by atoms with Gasteiger partial charge in [-0.2, -0.15) is 0 Å². The number of carbonyl (C=O) groups is 1. The predicted molar refractivity (Wildman–Crippen MR) is 79.9 cm³/mol. The Kier molecular flexibility index (Phi) is 5.43. The summed E-state index contributed by atoms with van der Waals surface area (Å²) in [5.74, 6) is 1.15. The van der Waals surface area contributed by atoms with Crippen molar-refractivity contribution >= 4 is 6.03 Å². The van der Waals surface area contributed by atoms with Crippen LogP contribution in [0.15, 0.2) is 0 Å². The highest BCUT2D eigenvalue weighted by molar-refractivity contribution is 5.74. The lowest BCUT2D eigenvalue weighted by Crippen LogP contribution is -2.43. The van der Waals surface area contributed by atoms with Crippen LogP contribution in [-0.2, 0) is 0 Å². The van der Waals surface area contributed by atoms with Crippen molar-refractivity contribution in [2.75, 3.05) is 45.9 Å². The molecule has 5 nitrogen and oxygen atoms in total. The lowest BCUT2D eigenvalue weighted by Gasteiger charge is -2.21. The normalized spacial score (nSPS) is 30.3. The van der Waals surface area contributed by atoms with E-state index in [2.05, 4.69) is 24.1 Å². The average molecular weight is 301 g/mol. The van der Waals surface area contributed by atoms with E-state index in [0.29, 0.717) is 24.9 Å². The molecule has 2 atom stereocenters. The van der Waals surface area contributed by atoms with Gasteiger partial charge in [0.05, 0.1) is 13.2 Å². The van der Waals surface area contributed by atoms with Gasteiger partial charge in [-0.1, -0.05) is 13.8 Å². The van der Waals surface area contributed by atoms with E-state index in [1.807, 2.05) is 0 Å². The first kappa shape index (κ1) is 16.5. The number of alkyl halides is 1. The highest BCUT2D eigenvalue weighted by Gasteiger charge is 2.39. The number of aliphatic hydroxyl groups is 1. The van der Waals surface area contributed by atoms with Crippen LogP contribution >= 0.6 is 0 Å². The van der Waals surface area contributed by atoms with E-state index in [-0.39, 0.29) is 19.0 Å². The Balaban J connectivity index is 1.68. The van der Waals surface area contributed by atoms with Crippen LogP contribution in [0.2, 0.25) is 0 Å². The third kappa shape index (κ3) is 4.54. The zero-order chi connectivity index (χ0) is 15.5. The zero-order valence-corrected chi connectivity index (χ0v) is 13.1. The topological polar surface area (TPSA) is 55.8 Å². The van der Waals surface area contributed by atoms with Crippen LogP contribution in [0.5, 0.6) is 0 Å². The number of likely N-dealkylation sites (tertiary alicyclic amines) is 2.